The SMILES string of the molecule is COc1ccc(C#N)cc1COc1cccnc1C(=O)O. The third kappa shape index (κ3) is 3.28. The van der Waals surface area contributed by atoms with Crippen LogP contribution >= 0.6 is 0 Å². The highest BCUT2D eigenvalue weighted by Gasteiger charge is 2.13. The number of aromatic carboxylic acids is 1. The van der Waals surface area contributed by atoms with Crippen molar-refractivity contribution in [2.45, 2.75) is 6.61 Å². The summed E-state index contributed by atoms with van der Waals surface area (Å²) in [5.74, 6) is -0.437. The van der Waals surface area contributed by atoms with Crippen LogP contribution in [-0.4, -0.2) is 23.2 Å². The molecule has 21 heavy (non-hydrogen) atoms. The number of nitrogens with zero attached hydrogens (tertiary/aromatic N) is 2. The lowest BCUT2D eigenvalue weighted by atomic mass is 10.1. The van der Waals surface area contributed by atoms with Crippen LogP contribution in [0, 0.1) is 11.3 Å². The first-order valence-corrected chi connectivity index (χ1v) is 6.04. The fourth-order valence-electron chi connectivity index (χ4n) is 1.78. The van der Waals surface area contributed by atoms with Crippen molar-refractivity contribution >= 4 is 5.97 Å². The van der Waals surface area contributed by atoms with Crippen molar-refractivity contribution in [3.8, 4) is 17.6 Å². The van der Waals surface area contributed by atoms with Crippen LogP contribution in [0.5, 0.6) is 11.5 Å². The van der Waals surface area contributed by atoms with Gasteiger partial charge in [-0.1, -0.05) is 0 Å². The van der Waals surface area contributed by atoms with E-state index < -0.39 is 5.97 Å². The number of methoxy groups -OCH3 is 1. The van der Waals surface area contributed by atoms with E-state index in [-0.39, 0.29) is 18.1 Å². The van der Waals surface area contributed by atoms with E-state index in [1.54, 1.807) is 24.3 Å². The zero-order valence-corrected chi connectivity index (χ0v) is 11.2. The third-order valence-electron chi connectivity index (χ3n) is 2.77. The molecule has 0 amide bonds. The Kier molecular flexibility index (Phi) is 4.36. The van der Waals surface area contributed by atoms with Crippen molar-refractivity contribution in [3.05, 3.63) is 53.3 Å². The maximum atomic E-state index is 11.0. The molecule has 1 aromatic carbocycles. The highest BCUT2D eigenvalue weighted by atomic mass is 16.5. The van der Waals surface area contributed by atoms with E-state index in [9.17, 15) is 4.79 Å². The van der Waals surface area contributed by atoms with Crippen molar-refractivity contribution in [2.24, 2.45) is 0 Å². The smallest absolute Gasteiger partial charge is 0.358 e. The number of carboxylic acid groups (broad SMARTS) is 1. The van der Waals surface area contributed by atoms with Crippen molar-refractivity contribution in [1.29, 1.82) is 5.26 Å². The van der Waals surface area contributed by atoms with Gasteiger partial charge in [0.25, 0.3) is 0 Å². The zero-order chi connectivity index (χ0) is 15.2. The minimum atomic E-state index is -1.16. The van der Waals surface area contributed by atoms with Gasteiger partial charge in [-0.15, -0.1) is 0 Å². The van der Waals surface area contributed by atoms with Crippen molar-refractivity contribution in [1.82, 2.24) is 4.98 Å². The second kappa shape index (κ2) is 6.39. The number of carbonyl (C=O) groups is 1. The van der Waals surface area contributed by atoms with Gasteiger partial charge in [-0.05, 0) is 30.3 Å². The summed E-state index contributed by atoms with van der Waals surface area (Å²) < 4.78 is 10.7. The summed E-state index contributed by atoms with van der Waals surface area (Å²) in [5, 5.41) is 17.9. The highest BCUT2D eigenvalue weighted by Crippen LogP contribution is 2.23. The van der Waals surface area contributed by atoms with Gasteiger partial charge in [0, 0.05) is 11.8 Å². The van der Waals surface area contributed by atoms with Gasteiger partial charge in [0.15, 0.2) is 11.4 Å². The number of hydrogen-bond donors (Lipinski definition) is 1. The molecule has 0 saturated heterocycles. The maximum Gasteiger partial charge on any atom is 0.358 e. The van der Waals surface area contributed by atoms with E-state index in [0.29, 0.717) is 16.9 Å². The van der Waals surface area contributed by atoms with Crippen molar-refractivity contribution < 1.29 is 19.4 Å². The molecule has 0 aliphatic heterocycles. The second-order valence-corrected chi connectivity index (χ2v) is 4.08. The Hall–Kier alpha value is -3.07. The molecular formula is C15H12N2O4. The van der Waals surface area contributed by atoms with E-state index in [0.717, 1.165) is 0 Å². The molecule has 0 bridgehead atoms. The Morgan fingerprint density at radius 1 is 1.38 bits per heavy atom. The van der Waals surface area contributed by atoms with Gasteiger partial charge in [0.2, 0.25) is 0 Å². The van der Waals surface area contributed by atoms with E-state index in [2.05, 4.69) is 4.98 Å². The topological polar surface area (TPSA) is 92.4 Å². The van der Waals surface area contributed by atoms with Crippen LogP contribution in [0.2, 0.25) is 0 Å². The van der Waals surface area contributed by atoms with E-state index in [1.165, 1.54) is 19.4 Å². The van der Waals surface area contributed by atoms with E-state index in [4.69, 9.17) is 19.8 Å². The molecule has 0 atom stereocenters. The number of benzene rings is 1. The molecule has 2 aromatic rings. The lowest BCUT2D eigenvalue weighted by Gasteiger charge is -2.11. The van der Waals surface area contributed by atoms with Crippen LogP contribution in [0.25, 0.3) is 0 Å². The highest BCUT2D eigenvalue weighted by molar-refractivity contribution is 5.88. The van der Waals surface area contributed by atoms with Crippen molar-refractivity contribution in [3.63, 3.8) is 0 Å². The molecule has 0 radical (unpaired) electrons. The van der Waals surface area contributed by atoms with Gasteiger partial charge in [-0.3, -0.25) is 0 Å². The molecule has 0 spiro atoms. The molecule has 0 aliphatic carbocycles. The molecule has 0 saturated carbocycles. The normalized spacial score (nSPS) is 9.71. The number of pyridine rings is 1. The molecule has 0 unspecified atom stereocenters. The molecular weight excluding hydrogens is 272 g/mol. The fraction of sp³-hybridized carbons (Fsp3) is 0.133. The summed E-state index contributed by atoms with van der Waals surface area (Å²) in [6, 6.07) is 10.1. The number of rotatable bonds is 5. The van der Waals surface area contributed by atoms with Gasteiger partial charge in [0.1, 0.15) is 12.4 Å². The quantitative estimate of drug-likeness (QED) is 0.905. The monoisotopic (exact) mass is 284 g/mol. The summed E-state index contributed by atoms with van der Waals surface area (Å²) >= 11 is 0. The predicted molar refractivity (Wildman–Crippen MR) is 73.2 cm³/mol. The summed E-state index contributed by atoms with van der Waals surface area (Å²) in [6.07, 6.45) is 1.38. The molecule has 0 fully saturated rings. The first-order valence-electron chi connectivity index (χ1n) is 6.04. The minimum Gasteiger partial charge on any atom is -0.496 e. The summed E-state index contributed by atoms with van der Waals surface area (Å²) in [7, 11) is 1.51. The predicted octanol–water partition coefficient (Wildman–Crippen LogP) is 2.24. The van der Waals surface area contributed by atoms with Crippen LogP contribution < -0.4 is 9.47 Å². The van der Waals surface area contributed by atoms with Crippen LogP contribution in [0.1, 0.15) is 21.6 Å². The first-order chi connectivity index (χ1) is 10.2. The summed E-state index contributed by atoms with van der Waals surface area (Å²) in [5.41, 5.74) is 0.962. The fourth-order valence-corrected chi connectivity index (χ4v) is 1.78. The zero-order valence-electron chi connectivity index (χ0n) is 11.2. The van der Waals surface area contributed by atoms with Gasteiger partial charge in [0.05, 0.1) is 18.7 Å². The first kappa shape index (κ1) is 14.3. The molecule has 6 heteroatoms. The molecule has 1 aromatic heterocycles. The van der Waals surface area contributed by atoms with Gasteiger partial charge in [-0.2, -0.15) is 5.26 Å². The Labute approximate surface area is 121 Å². The summed E-state index contributed by atoms with van der Waals surface area (Å²) in [6.45, 7) is 0.0741. The molecule has 2 rings (SSSR count). The third-order valence-corrected chi connectivity index (χ3v) is 2.77. The Bertz CT molecular complexity index is 707. The number of ether oxygens (including phenoxy) is 2. The van der Waals surface area contributed by atoms with E-state index in [1.807, 2.05) is 6.07 Å². The van der Waals surface area contributed by atoms with Crippen molar-refractivity contribution in [2.75, 3.05) is 7.11 Å². The van der Waals surface area contributed by atoms with Gasteiger partial charge in [-0.25, -0.2) is 9.78 Å². The average molecular weight is 284 g/mol. The molecule has 1 heterocycles. The number of hydrogen-bond acceptors (Lipinski definition) is 5. The Balaban J connectivity index is 2.24. The van der Waals surface area contributed by atoms with Crippen LogP contribution in [0.4, 0.5) is 0 Å². The average Bonchev–Trinajstić information content (AvgIpc) is 2.52. The summed E-state index contributed by atoms with van der Waals surface area (Å²) in [4.78, 5) is 14.8. The van der Waals surface area contributed by atoms with Crippen LogP contribution in [0.15, 0.2) is 36.5 Å². The lowest BCUT2D eigenvalue weighted by Crippen LogP contribution is -2.06. The van der Waals surface area contributed by atoms with Gasteiger partial charge < -0.3 is 14.6 Å². The number of carboxylic acids is 1. The Morgan fingerprint density at radius 2 is 2.19 bits per heavy atom. The molecule has 1 N–H and O–H groups in total. The van der Waals surface area contributed by atoms with Crippen LogP contribution in [-0.2, 0) is 6.61 Å². The number of nitriles is 1. The maximum absolute atomic E-state index is 11.0. The standard InChI is InChI=1S/C15H12N2O4/c1-20-12-5-4-10(8-16)7-11(12)9-21-13-3-2-6-17-14(13)15(18)19/h2-7H,9H2,1H3,(H,18,19). The molecule has 0 aliphatic rings. The minimum absolute atomic E-state index is 0.0741. The largest absolute Gasteiger partial charge is 0.496 e. The van der Waals surface area contributed by atoms with Gasteiger partial charge >= 0.3 is 5.97 Å². The van der Waals surface area contributed by atoms with E-state index >= 15 is 0 Å². The lowest BCUT2D eigenvalue weighted by molar-refractivity contribution is 0.0685. The van der Waals surface area contributed by atoms with Crippen LogP contribution in [0.3, 0.4) is 0 Å². The molecule has 106 valence electrons. The molecule has 6 nitrogen and oxygen atoms in total. The number of aromatic nitrogens is 1. The Morgan fingerprint density at radius 3 is 2.86 bits per heavy atom. The second-order valence-electron chi connectivity index (χ2n) is 4.08.